The van der Waals surface area contributed by atoms with E-state index in [1.54, 1.807) is 18.3 Å². The van der Waals surface area contributed by atoms with E-state index in [4.69, 9.17) is 11.6 Å². The molecule has 0 atom stereocenters. The van der Waals surface area contributed by atoms with Crippen molar-refractivity contribution in [2.75, 3.05) is 5.32 Å². The maximum absolute atomic E-state index is 11.8. The van der Waals surface area contributed by atoms with E-state index < -0.39 is 0 Å². The Morgan fingerprint density at radius 1 is 1.32 bits per heavy atom. The van der Waals surface area contributed by atoms with Crippen LogP contribution in [0.15, 0.2) is 47.2 Å². The van der Waals surface area contributed by atoms with E-state index in [2.05, 4.69) is 26.2 Å². The molecule has 1 N–H and O–H groups in total. The van der Waals surface area contributed by atoms with E-state index in [0.29, 0.717) is 23.6 Å². The van der Waals surface area contributed by atoms with Gasteiger partial charge in [-0.3, -0.25) is 4.79 Å². The van der Waals surface area contributed by atoms with Crippen LogP contribution in [0.5, 0.6) is 0 Å². The van der Waals surface area contributed by atoms with Gasteiger partial charge in [-0.15, -0.1) is 0 Å². The van der Waals surface area contributed by atoms with Crippen LogP contribution in [-0.4, -0.2) is 10.9 Å². The van der Waals surface area contributed by atoms with Crippen molar-refractivity contribution in [3.8, 4) is 0 Å². The third-order valence-corrected chi connectivity index (χ3v) is 3.25. The minimum absolute atomic E-state index is 0.0379. The van der Waals surface area contributed by atoms with Crippen molar-refractivity contribution in [2.45, 2.75) is 12.8 Å². The molecule has 0 radical (unpaired) electrons. The third-order valence-electron chi connectivity index (χ3n) is 2.54. The molecule has 0 aliphatic heterocycles. The average Bonchev–Trinajstić information content (AvgIpc) is 2.39. The first-order valence-electron chi connectivity index (χ1n) is 5.79. The summed E-state index contributed by atoms with van der Waals surface area (Å²) in [5.74, 6) is -0.0379. The largest absolute Gasteiger partial charge is 0.325 e. The van der Waals surface area contributed by atoms with E-state index in [1.807, 2.05) is 24.3 Å². The third kappa shape index (κ3) is 4.65. The van der Waals surface area contributed by atoms with Gasteiger partial charge in [-0.2, -0.15) is 0 Å². The Labute approximate surface area is 125 Å². The molecule has 19 heavy (non-hydrogen) atoms. The van der Waals surface area contributed by atoms with Gasteiger partial charge in [0.1, 0.15) is 4.60 Å². The maximum atomic E-state index is 11.8. The van der Waals surface area contributed by atoms with E-state index >= 15 is 0 Å². The Balaban J connectivity index is 1.86. The molecule has 1 heterocycles. The number of aryl methyl sites for hydroxylation is 1. The topological polar surface area (TPSA) is 42.0 Å². The normalized spacial score (nSPS) is 10.2. The molecule has 2 aromatic rings. The molecule has 1 aromatic carbocycles. The number of anilines is 1. The SMILES string of the molecule is O=C(CCc1cccc(Cl)c1)Nc1ccc(Br)nc1. The van der Waals surface area contributed by atoms with Crippen LogP contribution in [0.4, 0.5) is 5.69 Å². The summed E-state index contributed by atoms with van der Waals surface area (Å²) in [5, 5.41) is 3.49. The highest BCUT2D eigenvalue weighted by molar-refractivity contribution is 9.10. The number of pyridine rings is 1. The molecular weight excluding hydrogens is 328 g/mol. The van der Waals surface area contributed by atoms with Gasteiger partial charge >= 0.3 is 0 Å². The van der Waals surface area contributed by atoms with Gasteiger partial charge in [0.25, 0.3) is 0 Å². The van der Waals surface area contributed by atoms with Crippen LogP contribution >= 0.6 is 27.5 Å². The van der Waals surface area contributed by atoms with Crippen molar-refractivity contribution in [3.05, 3.63) is 57.8 Å². The van der Waals surface area contributed by atoms with Crippen LogP contribution in [0.3, 0.4) is 0 Å². The quantitative estimate of drug-likeness (QED) is 0.853. The molecule has 0 aliphatic carbocycles. The van der Waals surface area contributed by atoms with Crippen molar-refractivity contribution < 1.29 is 4.79 Å². The minimum Gasteiger partial charge on any atom is -0.325 e. The molecule has 1 aromatic heterocycles. The van der Waals surface area contributed by atoms with Gasteiger partial charge in [0.15, 0.2) is 0 Å². The Morgan fingerprint density at radius 2 is 2.16 bits per heavy atom. The first-order valence-corrected chi connectivity index (χ1v) is 6.96. The van der Waals surface area contributed by atoms with Crippen LogP contribution in [0, 0.1) is 0 Å². The van der Waals surface area contributed by atoms with Gasteiger partial charge in [0.2, 0.25) is 5.91 Å². The number of benzene rings is 1. The predicted molar refractivity (Wildman–Crippen MR) is 80.3 cm³/mol. The van der Waals surface area contributed by atoms with Gasteiger partial charge in [0, 0.05) is 11.4 Å². The second-order valence-corrected chi connectivity index (χ2v) is 5.30. The molecule has 5 heteroatoms. The van der Waals surface area contributed by atoms with Crippen molar-refractivity contribution >= 4 is 39.1 Å². The van der Waals surface area contributed by atoms with Crippen molar-refractivity contribution in [1.29, 1.82) is 0 Å². The molecule has 0 unspecified atom stereocenters. The highest BCUT2D eigenvalue weighted by atomic mass is 79.9. The lowest BCUT2D eigenvalue weighted by molar-refractivity contribution is -0.116. The van der Waals surface area contributed by atoms with Gasteiger partial charge in [-0.25, -0.2) is 4.98 Å². The molecule has 0 fully saturated rings. The fraction of sp³-hybridized carbons (Fsp3) is 0.143. The molecule has 0 saturated heterocycles. The van der Waals surface area contributed by atoms with Gasteiger partial charge in [0.05, 0.1) is 11.9 Å². The number of rotatable bonds is 4. The average molecular weight is 340 g/mol. The van der Waals surface area contributed by atoms with Crippen LogP contribution in [0.25, 0.3) is 0 Å². The zero-order valence-electron chi connectivity index (χ0n) is 10.1. The van der Waals surface area contributed by atoms with Crippen molar-refractivity contribution in [3.63, 3.8) is 0 Å². The second kappa shape index (κ2) is 6.68. The molecule has 0 bridgehead atoms. The number of nitrogens with zero attached hydrogens (tertiary/aromatic N) is 1. The lowest BCUT2D eigenvalue weighted by Gasteiger charge is -2.05. The van der Waals surface area contributed by atoms with Gasteiger partial charge in [-0.05, 0) is 52.2 Å². The molecule has 3 nitrogen and oxygen atoms in total. The Kier molecular flexibility index (Phi) is 4.93. The lowest BCUT2D eigenvalue weighted by atomic mass is 10.1. The summed E-state index contributed by atoms with van der Waals surface area (Å²) in [6.07, 6.45) is 2.69. The summed E-state index contributed by atoms with van der Waals surface area (Å²) >= 11 is 9.13. The fourth-order valence-electron chi connectivity index (χ4n) is 1.62. The number of hydrogen-bond acceptors (Lipinski definition) is 2. The van der Waals surface area contributed by atoms with E-state index in [9.17, 15) is 4.79 Å². The van der Waals surface area contributed by atoms with Crippen LogP contribution in [-0.2, 0) is 11.2 Å². The summed E-state index contributed by atoms with van der Waals surface area (Å²) in [6, 6.07) is 11.1. The Hall–Kier alpha value is -1.39. The monoisotopic (exact) mass is 338 g/mol. The number of carbonyl (C=O) groups is 1. The first-order chi connectivity index (χ1) is 9.13. The molecule has 0 aliphatic rings. The molecule has 98 valence electrons. The lowest BCUT2D eigenvalue weighted by Crippen LogP contribution is -2.12. The molecule has 0 saturated carbocycles. The highest BCUT2D eigenvalue weighted by Crippen LogP contribution is 2.13. The fourth-order valence-corrected chi connectivity index (χ4v) is 2.07. The summed E-state index contributed by atoms with van der Waals surface area (Å²) in [5.41, 5.74) is 1.75. The van der Waals surface area contributed by atoms with Crippen molar-refractivity contribution in [1.82, 2.24) is 4.98 Å². The van der Waals surface area contributed by atoms with Gasteiger partial charge in [-0.1, -0.05) is 23.7 Å². The van der Waals surface area contributed by atoms with Crippen LogP contribution < -0.4 is 5.32 Å². The minimum atomic E-state index is -0.0379. The molecule has 2 rings (SSSR count). The predicted octanol–water partition coefficient (Wildman–Crippen LogP) is 4.07. The number of hydrogen-bond donors (Lipinski definition) is 1. The highest BCUT2D eigenvalue weighted by Gasteiger charge is 2.04. The first kappa shape index (κ1) is 14.0. The molecule has 0 spiro atoms. The summed E-state index contributed by atoms with van der Waals surface area (Å²) in [4.78, 5) is 15.8. The number of halogens is 2. The molecule has 1 amide bonds. The Bertz CT molecular complexity index is 572. The Morgan fingerprint density at radius 3 is 2.84 bits per heavy atom. The standard InChI is InChI=1S/C14H12BrClN2O/c15-13-6-5-12(9-17-13)18-14(19)7-4-10-2-1-3-11(16)8-10/h1-3,5-6,8-9H,4,7H2,(H,18,19). The van der Waals surface area contributed by atoms with Crippen LogP contribution in [0.2, 0.25) is 5.02 Å². The second-order valence-electron chi connectivity index (χ2n) is 4.05. The van der Waals surface area contributed by atoms with Gasteiger partial charge < -0.3 is 5.32 Å². The number of nitrogens with one attached hydrogen (secondary N) is 1. The summed E-state index contributed by atoms with van der Waals surface area (Å²) in [6.45, 7) is 0. The maximum Gasteiger partial charge on any atom is 0.224 e. The zero-order valence-corrected chi connectivity index (χ0v) is 12.4. The van der Waals surface area contributed by atoms with Crippen LogP contribution in [0.1, 0.15) is 12.0 Å². The zero-order chi connectivity index (χ0) is 13.7. The summed E-state index contributed by atoms with van der Waals surface area (Å²) < 4.78 is 0.740. The number of carbonyl (C=O) groups excluding carboxylic acids is 1. The summed E-state index contributed by atoms with van der Waals surface area (Å²) in [7, 11) is 0. The van der Waals surface area contributed by atoms with E-state index in [-0.39, 0.29) is 5.91 Å². The smallest absolute Gasteiger partial charge is 0.224 e. The van der Waals surface area contributed by atoms with Crippen molar-refractivity contribution in [2.24, 2.45) is 0 Å². The number of amides is 1. The van der Waals surface area contributed by atoms with E-state index in [1.165, 1.54) is 0 Å². The van der Waals surface area contributed by atoms with E-state index in [0.717, 1.165) is 10.2 Å². The number of aromatic nitrogens is 1. The molecular formula is C14H12BrClN2O.